The van der Waals surface area contributed by atoms with Gasteiger partial charge in [-0.05, 0) is 6.42 Å². The van der Waals surface area contributed by atoms with Crippen molar-refractivity contribution in [3.8, 4) is 0 Å². The van der Waals surface area contributed by atoms with E-state index in [1.807, 2.05) is 0 Å². The fourth-order valence-electron chi connectivity index (χ4n) is 0.785. The quantitative estimate of drug-likeness (QED) is 0.706. The van der Waals surface area contributed by atoms with Crippen LogP contribution in [0.4, 0.5) is 0 Å². The Morgan fingerprint density at radius 3 is 3.09 bits per heavy atom. The minimum absolute atomic E-state index is 0.181. The third-order valence-electron chi connectivity index (χ3n) is 1.31. The number of carbonyl (C=O) groups is 1. The van der Waals surface area contributed by atoms with Gasteiger partial charge in [0.1, 0.15) is 5.76 Å². The number of aliphatic carboxylic acids is 1. The van der Waals surface area contributed by atoms with Gasteiger partial charge in [-0.25, -0.2) is 0 Å². The van der Waals surface area contributed by atoms with E-state index in [0.29, 0.717) is 12.8 Å². The van der Waals surface area contributed by atoms with Crippen molar-refractivity contribution in [1.82, 2.24) is 5.16 Å². The molecule has 0 atom stereocenters. The van der Waals surface area contributed by atoms with Gasteiger partial charge in [0.15, 0.2) is 0 Å². The van der Waals surface area contributed by atoms with Gasteiger partial charge in [-0.1, -0.05) is 5.16 Å². The first-order valence-electron chi connectivity index (χ1n) is 3.40. The lowest BCUT2D eigenvalue weighted by molar-refractivity contribution is -0.137. The van der Waals surface area contributed by atoms with Crippen LogP contribution in [0.1, 0.15) is 18.6 Å². The molecule has 0 aliphatic heterocycles. The van der Waals surface area contributed by atoms with Gasteiger partial charge in [-0.2, -0.15) is 0 Å². The fourth-order valence-corrected chi connectivity index (χ4v) is 0.785. The van der Waals surface area contributed by atoms with Gasteiger partial charge in [-0.3, -0.25) is 4.79 Å². The second-order valence-corrected chi connectivity index (χ2v) is 2.23. The van der Waals surface area contributed by atoms with E-state index in [4.69, 9.17) is 9.63 Å². The third kappa shape index (κ3) is 2.84. The molecule has 4 nitrogen and oxygen atoms in total. The van der Waals surface area contributed by atoms with E-state index < -0.39 is 5.97 Å². The van der Waals surface area contributed by atoms with Crippen molar-refractivity contribution < 1.29 is 14.4 Å². The van der Waals surface area contributed by atoms with Crippen molar-refractivity contribution in [2.24, 2.45) is 0 Å². The number of carboxylic acid groups (broad SMARTS) is 1. The predicted molar refractivity (Wildman–Crippen MR) is 37.1 cm³/mol. The maximum absolute atomic E-state index is 10.1. The first-order chi connectivity index (χ1) is 5.29. The van der Waals surface area contributed by atoms with Crippen LogP contribution in [0.2, 0.25) is 0 Å². The highest BCUT2D eigenvalue weighted by molar-refractivity contribution is 5.66. The molecule has 1 N–H and O–H groups in total. The van der Waals surface area contributed by atoms with Crippen LogP contribution in [0, 0.1) is 0 Å². The molecule has 0 aliphatic rings. The van der Waals surface area contributed by atoms with Crippen molar-refractivity contribution in [2.75, 3.05) is 0 Å². The minimum Gasteiger partial charge on any atom is -0.481 e. The molecule has 60 valence electrons. The number of nitrogens with zero attached hydrogens (tertiary/aromatic N) is 1. The summed E-state index contributed by atoms with van der Waals surface area (Å²) in [7, 11) is 0. The van der Waals surface area contributed by atoms with Crippen LogP contribution < -0.4 is 0 Å². The zero-order valence-corrected chi connectivity index (χ0v) is 5.99. The summed E-state index contributed by atoms with van der Waals surface area (Å²) in [5.74, 6) is -0.0317. The largest absolute Gasteiger partial charge is 0.481 e. The molecule has 11 heavy (non-hydrogen) atoms. The van der Waals surface area contributed by atoms with Crippen molar-refractivity contribution in [3.05, 3.63) is 18.0 Å². The van der Waals surface area contributed by atoms with Gasteiger partial charge in [0.2, 0.25) is 0 Å². The molecule has 1 aromatic heterocycles. The molecule has 1 heterocycles. The summed E-state index contributed by atoms with van der Waals surface area (Å²) < 4.78 is 4.77. The van der Waals surface area contributed by atoms with Crippen molar-refractivity contribution in [3.63, 3.8) is 0 Å². The second kappa shape index (κ2) is 3.75. The van der Waals surface area contributed by atoms with Crippen LogP contribution in [0.15, 0.2) is 16.8 Å². The van der Waals surface area contributed by atoms with Gasteiger partial charge >= 0.3 is 5.97 Å². The van der Waals surface area contributed by atoms with Crippen molar-refractivity contribution in [2.45, 2.75) is 19.3 Å². The number of carboxylic acids is 1. The highest BCUT2D eigenvalue weighted by Crippen LogP contribution is 2.02. The summed E-state index contributed by atoms with van der Waals surface area (Å²) in [6.45, 7) is 0. The normalized spacial score (nSPS) is 9.82. The summed E-state index contributed by atoms with van der Waals surface area (Å²) in [5.41, 5.74) is 0. The Morgan fingerprint density at radius 2 is 2.55 bits per heavy atom. The molecule has 0 spiro atoms. The molecule has 0 radical (unpaired) electrons. The van der Waals surface area contributed by atoms with Gasteiger partial charge in [0.05, 0.1) is 6.20 Å². The number of aromatic nitrogens is 1. The monoisotopic (exact) mass is 155 g/mol. The molecule has 0 aromatic carbocycles. The van der Waals surface area contributed by atoms with Crippen LogP contribution in [0.5, 0.6) is 0 Å². The molecule has 1 rings (SSSR count). The van der Waals surface area contributed by atoms with Gasteiger partial charge in [-0.15, -0.1) is 0 Å². The summed E-state index contributed by atoms with van der Waals surface area (Å²) >= 11 is 0. The Balaban J connectivity index is 2.19. The third-order valence-corrected chi connectivity index (χ3v) is 1.31. The number of hydrogen-bond donors (Lipinski definition) is 1. The number of hydrogen-bond acceptors (Lipinski definition) is 3. The van der Waals surface area contributed by atoms with E-state index in [2.05, 4.69) is 5.16 Å². The van der Waals surface area contributed by atoms with E-state index in [-0.39, 0.29) is 6.42 Å². The Kier molecular flexibility index (Phi) is 2.66. The predicted octanol–water partition coefficient (Wildman–Crippen LogP) is 1.08. The highest BCUT2D eigenvalue weighted by Gasteiger charge is 1.99. The average Bonchev–Trinajstić information content (AvgIpc) is 2.39. The molecule has 4 heteroatoms. The van der Waals surface area contributed by atoms with Crippen LogP contribution in [-0.2, 0) is 11.2 Å². The van der Waals surface area contributed by atoms with Crippen LogP contribution in [-0.4, -0.2) is 16.2 Å². The molecule has 0 saturated carbocycles. The minimum atomic E-state index is -0.774. The molecule has 0 bridgehead atoms. The lowest BCUT2D eigenvalue weighted by Gasteiger charge is -1.90. The average molecular weight is 155 g/mol. The van der Waals surface area contributed by atoms with E-state index in [9.17, 15) is 4.79 Å². The molecule has 0 amide bonds. The van der Waals surface area contributed by atoms with E-state index in [1.54, 1.807) is 12.3 Å². The Bertz CT molecular complexity index is 218. The molecular weight excluding hydrogens is 146 g/mol. The van der Waals surface area contributed by atoms with E-state index in [1.165, 1.54) is 0 Å². The Morgan fingerprint density at radius 1 is 1.73 bits per heavy atom. The molecular formula is C7H9NO3. The maximum atomic E-state index is 10.1. The molecule has 0 aliphatic carbocycles. The summed E-state index contributed by atoms with van der Waals surface area (Å²) in [5, 5.41) is 11.8. The zero-order valence-electron chi connectivity index (χ0n) is 5.99. The fraction of sp³-hybridized carbons (Fsp3) is 0.429. The van der Waals surface area contributed by atoms with Gasteiger partial charge in [0.25, 0.3) is 0 Å². The van der Waals surface area contributed by atoms with Gasteiger partial charge in [0, 0.05) is 18.9 Å². The second-order valence-electron chi connectivity index (χ2n) is 2.23. The molecule has 1 aromatic rings. The molecule has 0 fully saturated rings. The summed E-state index contributed by atoms with van der Waals surface area (Å²) in [6, 6.07) is 1.74. The van der Waals surface area contributed by atoms with E-state index >= 15 is 0 Å². The molecule has 0 unspecified atom stereocenters. The summed E-state index contributed by atoms with van der Waals surface area (Å²) in [4.78, 5) is 10.1. The first kappa shape index (κ1) is 7.78. The SMILES string of the molecule is O=C(O)CCCc1ccno1. The van der Waals surface area contributed by atoms with Crippen molar-refractivity contribution in [1.29, 1.82) is 0 Å². The summed E-state index contributed by atoms with van der Waals surface area (Å²) in [6.07, 6.45) is 2.98. The van der Waals surface area contributed by atoms with Gasteiger partial charge < -0.3 is 9.63 Å². The van der Waals surface area contributed by atoms with Crippen LogP contribution in [0.3, 0.4) is 0 Å². The van der Waals surface area contributed by atoms with Crippen molar-refractivity contribution >= 4 is 5.97 Å². The van der Waals surface area contributed by atoms with Crippen LogP contribution >= 0.6 is 0 Å². The van der Waals surface area contributed by atoms with E-state index in [0.717, 1.165) is 5.76 Å². The smallest absolute Gasteiger partial charge is 0.303 e. The standard InChI is InChI=1S/C7H9NO3/c9-7(10)3-1-2-6-4-5-8-11-6/h4-5H,1-3H2,(H,9,10). The van der Waals surface area contributed by atoms with Crippen LogP contribution in [0.25, 0.3) is 0 Å². The maximum Gasteiger partial charge on any atom is 0.303 e. The number of aryl methyl sites for hydroxylation is 1. The Hall–Kier alpha value is -1.32. The Labute approximate surface area is 63.8 Å². The highest BCUT2D eigenvalue weighted by atomic mass is 16.5. The topological polar surface area (TPSA) is 63.3 Å². The lowest BCUT2D eigenvalue weighted by atomic mass is 10.2. The molecule has 0 saturated heterocycles. The lowest BCUT2D eigenvalue weighted by Crippen LogP contribution is -1.94. The number of rotatable bonds is 4. The first-order valence-corrected chi connectivity index (χ1v) is 3.40. The zero-order chi connectivity index (χ0) is 8.10.